The zero-order chi connectivity index (χ0) is 15.4. The number of nitrogens with zero attached hydrogens (tertiary/aromatic N) is 1. The Labute approximate surface area is 134 Å². The van der Waals surface area contributed by atoms with Gasteiger partial charge in [-0.05, 0) is 29.8 Å². The highest BCUT2D eigenvalue weighted by Gasteiger charge is 2.15. The average molecular weight is 315 g/mol. The van der Waals surface area contributed by atoms with Gasteiger partial charge in [0.2, 0.25) is 12.7 Å². The maximum absolute atomic E-state index is 12.2. The van der Waals surface area contributed by atoms with Gasteiger partial charge in [-0.1, -0.05) is 24.3 Å². The minimum absolute atomic E-state index is 0.103. The van der Waals surface area contributed by atoms with Gasteiger partial charge in [-0.3, -0.25) is 4.79 Å². The molecule has 1 heterocycles. The van der Waals surface area contributed by atoms with E-state index >= 15 is 0 Å². The molecule has 0 unspecified atom stereocenters. The summed E-state index contributed by atoms with van der Waals surface area (Å²) in [6.45, 7) is 0.825. The van der Waals surface area contributed by atoms with Crippen LogP contribution in [0.15, 0.2) is 53.4 Å². The number of hydrogen-bond donors (Lipinski definition) is 0. The van der Waals surface area contributed by atoms with E-state index in [4.69, 9.17) is 9.47 Å². The topological polar surface area (TPSA) is 38.8 Å². The number of fused-ring (bicyclic) bond motifs is 1. The fraction of sp³-hybridized carbons (Fsp3) is 0.235. The lowest BCUT2D eigenvalue weighted by atomic mass is 10.2. The van der Waals surface area contributed by atoms with E-state index in [1.807, 2.05) is 55.6 Å². The summed E-state index contributed by atoms with van der Waals surface area (Å²) in [5.41, 5.74) is 1.03. The van der Waals surface area contributed by atoms with Crippen LogP contribution >= 0.6 is 11.8 Å². The third-order valence-corrected chi connectivity index (χ3v) is 4.38. The van der Waals surface area contributed by atoms with Crippen LogP contribution < -0.4 is 9.47 Å². The molecule has 22 heavy (non-hydrogen) atoms. The Morgan fingerprint density at radius 2 is 1.91 bits per heavy atom. The first-order valence-electron chi connectivity index (χ1n) is 7.03. The van der Waals surface area contributed by atoms with E-state index in [1.165, 1.54) is 0 Å². The standard InChI is InChI=1S/C17H17NO3S/c1-18(17(19)11-22-14-5-3-2-4-6-14)10-13-7-8-15-16(9-13)21-12-20-15/h2-9H,10-12H2,1H3. The lowest BCUT2D eigenvalue weighted by molar-refractivity contribution is -0.127. The van der Waals surface area contributed by atoms with E-state index in [2.05, 4.69) is 0 Å². The van der Waals surface area contributed by atoms with Crippen molar-refractivity contribution < 1.29 is 14.3 Å². The first-order chi connectivity index (χ1) is 10.7. The smallest absolute Gasteiger partial charge is 0.232 e. The molecule has 114 valence electrons. The van der Waals surface area contributed by atoms with Gasteiger partial charge in [0.05, 0.1) is 5.75 Å². The van der Waals surface area contributed by atoms with Crippen LogP contribution in [-0.4, -0.2) is 30.4 Å². The number of amides is 1. The SMILES string of the molecule is CN(Cc1ccc2c(c1)OCO2)C(=O)CSc1ccccc1. The Bertz CT molecular complexity index is 660. The van der Waals surface area contributed by atoms with Gasteiger partial charge in [-0.2, -0.15) is 0 Å². The van der Waals surface area contributed by atoms with Gasteiger partial charge in [0.15, 0.2) is 11.5 Å². The maximum atomic E-state index is 12.2. The van der Waals surface area contributed by atoms with E-state index in [0.717, 1.165) is 22.0 Å². The highest BCUT2D eigenvalue weighted by Crippen LogP contribution is 2.32. The molecule has 1 amide bonds. The van der Waals surface area contributed by atoms with Gasteiger partial charge in [0.25, 0.3) is 0 Å². The predicted octanol–water partition coefficient (Wildman–Crippen LogP) is 3.17. The first kappa shape index (κ1) is 14.8. The Hall–Kier alpha value is -2.14. The number of benzene rings is 2. The normalized spacial score (nSPS) is 12.2. The molecule has 0 fully saturated rings. The second-order valence-corrected chi connectivity index (χ2v) is 6.09. The average Bonchev–Trinajstić information content (AvgIpc) is 3.01. The van der Waals surface area contributed by atoms with E-state index in [1.54, 1.807) is 16.7 Å². The highest BCUT2D eigenvalue weighted by molar-refractivity contribution is 8.00. The second-order valence-electron chi connectivity index (χ2n) is 5.04. The van der Waals surface area contributed by atoms with Crippen molar-refractivity contribution in [3.63, 3.8) is 0 Å². The van der Waals surface area contributed by atoms with Crippen LogP contribution in [0.25, 0.3) is 0 Å². The molecule has 3 rings (SSSR count). The van der Waals surface area contributed by atoms with Crippen molar-refractivity contribution in [1.82, 2.24) is 4.90 Å². The quantitative estimate of drug-likeness (QED) is 0.795. The van der Waals surface area contributed by atoms with Crippen LogP contribution in [0.2, 0.25) is 0 Å². The highest BCUT2D eigenvalue weighted by atomic mass is 32.2. The fourth-order valence-electron chi connectivity index (χ4n) is 2.17. The lowest BCUT2D eigenvalue weighted by Gasteiger charge is -2.17. The molecule has 2 aromatic rings. The third kappa shape index (κ3) is 3.54. The van der Waals surface area contributed by atoms with Crippen molar-refractivity contribution in [2.45, 2.75) is 11.4 Å². The van der Waals surface area contributed by atoms with E-state index in [-0.39, 0.29) is 12.7 Å². The molecule has 0 aliphatic carbocycles. The summed E-state index contributed by atoms with van der Waals surface area (Å²) in [5, 5.41) is 0. The molecule has 1 aliphatic rings. The van der Waals surface area contributed by atoms with Crippen molar-refractivity contribution in [1.29, 1.82) is 0 Å². The number of rotatable bonds is 5. The van der Waals surface area contributed by atoms with E-state index in [9.17, 15) is 4.79 Å². The summed E-state index contributed by atoms with van der Waals surface area (Å²) in [5.74, 6) is 2.05. The Balaban J connectivity index is 1.55. The first-order valence-corrected chi connectivity index (χ1v) is 8.01. The summed E-state index contributed by atoms with van der Waals surface area (Å²) in [6, 6.07) is 15.7. The summed E-state index contributed by atoms with van der Waals surface area (Å²) in [6.07, 6.45) is 0. The molecule has 2 aromatic carbocycles. The third-order valence-electron chi connectivity index (χ3n) is 3.39. The zero-order valence-electron chi connectivity index (χ0n) is 12.3. The largest absolute Gasteiger partial charge is 0.454 e. The summed E-state index contributed by atoms with van der Waals surface area (Å²) < 4.78 is 10.6. The molecule has 0 atom stereocenters. The summed E-state index contributed by atoms with van der Waals surface area (Å²) >= 11 is 1.55. The molecular formula is C17H17NO3S. The van der Waals surface area contributed by atoms with E-state index in [0.29, 0.717) is 12.3 Å². The molecule has 0 N–H and O–H groups in total. The number of ether oxygens (including phenoxy) is 2. The second kappa shape index (κ2) is 6.75. The monoisotopic (exact) mass is 315 g/mol. The lowest BCUT2D eigenvalue weighted by Crippen LogP contribution is -2.27. The molecule has 0 spiro atoms. The van der Waals surface area contributed by atoms with Crippen LogP contribution in [0.5, 0.6) is 11.5 Å². The molecule has 0 radical (unpaired) electrons. The van der Waals surface area contributed by atoms with E-state index < -0.39 is 0 Å². The van der Waals surface area contributed by atoms with Crippen LogP contribution in [0.4, 0.5) is 0 Å². The Kier molecular flexibility index (Phi) is 4.53. The minimum atomic E-state index is 0.103. The van der Waals surface area contributed by atoms with Gasteiger partial charge in [0.1, 0.15) is 0 Å². The van der Waals surface area contributed by atoms with Crippen LogP contribution in [0.3, 0.4) is 0 Å². The van der Waals surface area contributed by atoms with Gasteiger partial charge in [-0.25, -0.2) is 0 Å². The van der Waals surface area contributed by atoms with Crippen molar-refractivity contribution in [3.05, 3.63) is 54.1 Å². The molecule has 0 aromatic heterocycles. The van der Waals surface area contributed by atoms with Crippen LogP contribution in [-0.2, 0) is 11.3 Å². The Morgan fingerprint density at radius 1 is 1.14 bits per heavy atom. The van der Waals surface area contributed by atoms with Gasteiger partial charge in [-0.15, -0.1) is 11.8 Å². The zero-order valence-corrected chi connectivity index (χ0v) is 13.1. The van der Waals surface area contributed by atoms with Gasteiger partial charge >= 0.3 is 0 Å². The maximum Gasteiger partial charge on any atom is 0.232 e. The fourth-order valence-corrected chi connectivity index (χ4v) is 3.03. The molecule has 0 bridgehead atoms. The number of hydrogen-bond acceptors (Lipinski definition) is 4. The molecule has 5 heteroatoms. The summed E-state index contributed by atoms with van der Waals surface area (Å²) in [7, 11) is 1.82. The van der Waals surface area contributed by atoms with Gasteiger partial charge < -0.3 is 14.4 Å². The summed E-state index contributed by atoms with van der Waals surface area (Å²) in [4.78, 5) is 15.0. The van der Waals surface area contributed by atoms with Gasteiger partial charge in [0, 0.05) is 18.5 Å². The van der Waals surface area contributed by atoms with Crippen molar-refractivity contribution in [2.24, 2.45) is 0 Å². The minimum Gasteiger partial charge on any atom is -0.454 e. The molecule has 0 saturated heterocycles. The molecule has 1 aliphatic heterocycles. The van der Waals surface area contributed by atoms with Crippen LogP contribution in [0.1, 0.15) is 5.56 Å². The molecule has 4 nitrogen and oxygen atoms in total. The predicted molar refractivity (Wildman–Crippen MR) is 86.2 cm³/mol. The number of carbonyl (C=O) groups excluding carboxylic acids is 1. The van der Waals surface area contributed by atoms with Crippen molar-refractivity contribution in [2.75, 3.05) is 19.6 Å². The number of carbonyl (C=O) groups is 1. The Morgan fingerprint density at radius 3 is 2.73 bits per heavy atom. The van der Waals surface area contributed by atoms with Crippen LogP contribution in [0, 0.1) is 0 Å². The molecular weight excluding hydrogens is 298 g/mol. The number of thioether (sulfide) groups is 1. The molecule has 0 saturated carbocycles. The van der Waals surface area contributed by atoms with Crippen molar-refractivity contribution in [3.8, 4) is 11.5 Å². The van der Waals surface area contributed by atoms with Crippen molar-refractivity contribution >= 4 is 17.7 Å².